The lowest BCUT2D eigenvalue weighted by Crippen LogP contribution is -2.44. The summed E-state index contributed by atoms with van der Waals surface area (Å²) in [6, 6.07) is 0. The highest BCUT2D eigenvalue weighted by atomic mass is 16.5. The third-order valence-corrected chi connectivity index (χ3v) is 2.36. The summed E-state index contributed by atoms with van der Waals surface area (Å²) >= 11 is 0. The van der Waals surface area contributed by atoms with Crippen molar-refractivity contribution in [3.8, 4) is 0 Å². The van der Waals surface area contributed by atoms with Crippen molar-refractivity contribution in [2.75, 3.05) is 33.3 Å². The third kappa shape index (κ3) is 1.59. The first kappa shape index (κ1) is 8.01. The second kappa shape index (κ2) is 3.41. The van der Waals surface area contributed by atoms with Gasteiger partial charge >= 0.3 is 0 Å². The Labute approximate surface area is 72.6 Å². The largest absolute Gasteiger partial charge is 0.375 e. The van der Waals surface area contributed by atoms with Crippen molar-refractivity contribution in [1.29, 1.82) is 0 Å². The first-order valence-electron chi connectivity index (χ1n) is 4.44. The van der Waals surface area contributed by atoms with Crippen LogP contribution in [-0.4, -0.2) is 50.6 Å². The number of hydrogen-bond donors (Lipinski definition) is 1. The molecule has 0 aliphatic carbocycles. The molecule has 12 heavy (non-hydrogen) atoms. The van der Waals surface area contributed by atoms with E-state index in [9.17, 15) is 0 Å². The molecule has 2 aliphatic rings. The van der Waals surface area contributed by atoms with Crippen LogP contribution >= 0.6 is 0 Å². The maximum absolute atomic E-state index is 5.63. The number of nitrogens with one attached hydrogen (secondary N) is 1. The number of rotatable bonds is 1. The van der Waals surface area contributed by atoms with Crippen molar-refractivity contribution in [2.24, 2.45) is 11.0 Å². The standard InChI is InChI=1S/C8H15N3O/c1-11-6-7(4-10-11)8-5-9-2-3-12-8/h4,7-9H,2-3,5-6H2,1H3/t7?,8-/m1/s1. The van der Waals surface area contributed by atoms with Crippen LogP contribution in [0.5, 0.6) is 0 Å². The smallest absolute Gasteiger partial charge is 0.0795 e. The number of nitrogens with zero attached hydrogens (tertiary/aromatic N) is 2. The number of hydrogen-bond acceptors (Lipinski definition) is 4. The molecule has 0 amide bonds. The van der Waals surface area contributed by atoms with E-state index in [1.54, 1.807) is 0 Å². The minimum Gasteiger partial charge on any atom is -0.375 e. The van der Waals surface area contributed by atoms with E-state index in [2.05, 4.69) is 10.4 Å². The van der Waals surface area contributed by atoms with Crippen molar-refractivity contribution < 1.29 is 4.74 Å². The Bertz CT molecular complexity index is 177. The number of ether oxygens (including phenoxy) is 1. The van der Waals surface area contributed by atoms with Crippen LogP contribution in [0.15, 0.2) is 5.10 Å². The molecule has 0 aromatic rings. The van der Waals surface area contributed by atoms with Gasteiger partial charge in [0.05, 0.1) is 12.7 Å². The second-order valence-electron chi connectivity index (χ2n) is 3.38. The van der Waals surface area contributed by atoms with Crippen molar-refractivity contribution in [1.82, 2.24) is 10.3 Å². The monoisotopic (exact) mass is 169 g/mol. The van der Waals surface area contributed by atoms with Crippen LogP contribution in [0.2, 0.25) is 0 Å². The molecule has 2 rings (SSSR count). The summed E-state index contributed by atoms with van der Waals surface area (Å²) in [5.74, 6) is 0.475. The van der Waals surface area contributed by atoms with Crippen LogP contribution in [0.3, 0.4) is 0 Å². The molecule has 0 saturated carbocycles. The van der Waals surface area contributed by atoms with Crippen molar-refractivity contribution in [2.45, 2.75) is 6.10 Å². The Hall–Kier alpha value is -0.610. The van der Waals surface area contributed by atoms with Crippen LogP contribution in [0.25, 0.3) is 0 Å². The zero-order valence-electron chi connectivity index (χ0n) is 7.36. The molecule has 2 atom stereocenters. The summed E-state index contributed by atoms with van der Waals surface area (Å²) in [6.07, 6.45) is 2.32. The van der Waals surface area contributed by atoms with Crippen LogP contribution in [-0.2, 0) is 4.74 Å². The molecule has 4 nitrogen and oxygen atoms in total. The Balaban J connectivity index is 1.87. The number of morpholine rings is 1. The summed E-state index contributed by atoms with van der Waals surface area (Å²) in [5, 5.41) is 9.48. The van der Waals surface area contributed by atoms with Crippen molar-refractivity contribution in [3.05, 3.63) is 0 Å². The predicted molar refractivity (Wildman–Crippen MR) is 47.2 cm³/mol. The molecule has 0 radical (unpaired) electrons. The van der Waals surface area contributed by atoms with E-state index in [1.165, 1.54) is 0 Å². The lowest BCUT2D eigenvalue weighted by molar-refractivity contribution is 0.00677. The first-order chi connectivity index (χ1) is 5.86. The van der Waals surface area contributed by atoms with Gasteiger partial charge in [-0.2, -0.15) is 5.10 Å². The minimum absolute atomic E-state index is 0.326. The average molecular weight is 169 g/mol. The first-order valence-corrected chi connectivity index (χ1v) is 4.44. The molecule has 0 bridgehead atoms. The van der Waals surface area contributed by atoms with Gasteiger partial charge in [-0.1, -0.05) is 0 Å². The van der Waals surface area contributed by atoms with Gasteiger partial charge in [0, 0.05) is 38.8 Å². The molecule has 1 unspecified atom stereocenters. The Kier molecular flexibility index (Phi) is 2.28. The van der Waals surface area contributed by atoms with E-state index in [-0.39, 0.29) is 0 Å². The minimum atomic E-state index is 0.326. The topological polar surface area (TPSA) is 36.9 Å². The van der Waals surface area contributed by atoms with Gasteiger partial charge in [-0.15, -0.1) is 0 Å². The van der Waals surface area contributed by atoms with Gasteiger partial charge in [-0.25, -0.2) is 0 Å². The van der Waals surface area contributed by atoms with E-state index < -0.39 is 0 Å². The second-order valence-corrected chi connectivity index (χ2v) is 3.38. The summed E-state index contributed by atoms with van der Waals surface area (Å²) in [5.41, 5.74) is 0. The molecular weight excluding hydrogens is 154 g/mol. The maximum atomic E-state index is 5.63. The third-order valence-electron chi connectivity index (χ3n) is 2.36. The van der Waals surface area contributed by atoms with Gasteiger partial charge in [-0.05, 0) is 0 Å². The number of hydrazone groups is 1. The predicted octanol–water partition coefficient (Wildman–Crippen LogP) is -0.478. The van der Waals surface area contributed by atoms with Gasteiger partial charge < -0.3 is 10.1 Å². The summed E-state index contributed by atoms with van der Waals surface area (Å²) in [4.78, 5) is 0. The van der Waals surface area contributed by atoms with Crippen LogP contribution in [0.1, 0.15) is 0 Å². The Morgan fingerprint density at radius 2 is 2.58 bits per heavy atom. The Morgan fingerprint density at radius 3 is 3.17 bits per heavy atom. The van der Waals surface area contributed by atoms with Gasteiger partial charge in [0.15, 0.2) is 0 Å². The molecule has 68 valence electrons. The summed E-state index contributed by atoms with van der Waals surface area (Å²) < 4.78 is 5.63. The highest BCUT2D eigenvalue weighted by Crippen LogP contribution is 2.14. The Morgan fingerprint density at radius 1 is 1.67 bits per heavy atom. The van der Waals surface area contributed by atoms with Crippen LogP contribution in [0.4, 0.5) is 0 Å². The molecule has 2 heterocycles. The van der Waals surface area contributed by atoms with Crippen molar-refractivity contribution >= 4 is 6.21 Å². The highest BCUT2D eigenvalue weighted by Gasteiger charge is 2.26. The lowest BCUT2D eigenvalue weighted by Gasteiger charge is -2.27. The van der Waals surface area contributed by atoms with Gasteiger partial charge in [0.25, 0.3) is 0 Å². The fraction of sp³-hybridized carbons (Fsp3) is 0.875. The van der Waals surface area contributed by atoms with Crippen LogP contribution < -0.4 is 5.32 Å². The quantitative estimate of drug-likeness (QED) is 0.576. The molecule has 1 N–H and O–H groups in total. The fourth-order valence-corrected chi connectivity index (χ4v) is 1.67. The van der Waals surface area contributed by atoms with E-state index in [1.807, 2.05) is 18.3 Å². The molecule has 1 fully saturated rings. The molecule has 0 aromatic heterocycles. The van der Waals surface area contributed by atoms with E-state index in [0.29, 0.717) is 12.0 Å². The molecule has 2 aliphatic heterocycles. The van der Waals surface area contributed by atoms with Crippen LogP contribution in [0, 0.1) is 5.92 Å². The normalized spacial score (nSPS) is 35.9. The zero-order valence-corrected chi connectivity index (χ0v) is 7.36. The van der Waals surface area contributed by atoms with E-state index in [4.69, 9.17) is 4.74 Å². The van der Waals surface area contributed by atoms with Gasteiger partial charge in [0.2, 0.25) is 0 Å². The molecule has 0 spiro atoms. The van der Waals surface area contributed by atoms with E-state index in [0.717, 1.165) is 26.2 Å². The van der Waals surface area contributed by atoms with Crippen molar-refractivity contribution in [3.63, 3.8) is 0 Å². The maximum Gasteiger partial charge on any atom is 0.0795 e. The van der Waals surface area contributed by atoms with Gasteiger partial charge in [0.1, 0.15) is 0 Å². The van der Waals surface area contributed by atoms with Gasteiger partial charge in [-0.3, -0.25) is 5.01 Å². The highest BCUT2D eigenvalue weighted by molar-refractivity contribution is 5.63. The SMILES string of the molecule is CN1CC([C@H]2CNCCO2)C=N1. The molecular formula is C8H15N3O. The zero-order chi connectivity index (χ0) is 8.39. The summed E-state index contributed by atoms with van der Waals surface area (Å²) in [6.45, 7) is 3.77. The molecule has 1 saturated heterocycles. The molecule has 0 aromatic carbocycles. The van der Waals surface area contributed by atoms with E-state index >= 15 is 0 Å². The molecule has 4 heteroatoms. The summed E-state index contributed by atoms with van der Waals surface area (Å²) in [7, 11) is 1.99. The lowest BCUT2D eigenvalue weighted by atomic mass is 10.0. The average Bonchev–Trinajstić information content (AvgIpc) is 2.54. The fourth-order valence-electron chi connectivity index (χ4n) is 1.67.